The van der Waals surface area contributed by atoms with Crippen LogP contribution < -0.4 is 19.7 Å². The molecule has 0 radical (unpaired) electrons. The maximum atomic E-state index is 12.3. The van der Waals surface area contributed by atoms with E-state index in [2.05, 4.69) is 15.2 Å². The third-order valence-corrected chi connectivity index (χ3v) is 4.64. The topological polar surface area (TPSA) is 63.7 Å². The molecule has 2 heterocycles. The maximum absolute atomic E-state index is 12.3. The van der Waals surface area contributed by atoms with Gasteiger partial charge in [0.25, 0.3) is 0 Å². The molecule has 1 aliphatic rings. The number of nitrogens with zero attached hydrogens (tertiary/aromatic N) is 2. The van der Waals surface area contributed by atoms with Crippen molar-refractivity contribution in [3.8, 4) is 11.5 Å². The van der Waals surface area contributed by atoms with Crippen molar-refractivity contribution in [2.75, 3.05) is 32.2 Å². The van der Waals surface area contributed by atoms with Crippen LogP contribution in [0.2, 0.25) is 0 Å². The summed E-state index contributed by atoms with van der Waals surface area (Å²) in [6.07, 6.45) is 3.80. The van der Waals surface area contributed by atoms with E-state index in [0.717, 1.165) is 42.4 Å². The van der Waals surface area contributed by atoms with E-state index in [9.17, 15) is 4.79 Å². The zero-order valence-corrected chi connectivity index (χ0v) is 15.3. The number of aromatic nitrogens is 1. The Morgan fingerprint density at radius 2 is 2.15 bits per heavy atom. The van der Waals surface area contributed by atoms with Gasteiger partial charge in [-0.1, -0.05) is 12.1 Å². The molecule has 6 nitrogen and oxygen atoms in total. The molecule has 1 aliphatic heterocycles. The van der Waals surface area contributed by atoms with Gasteiger partial charge in [0.1, 0.15) is 17.3 Å². The van der Waals surface area contributed by atoms with Gasteiger partial charge in [-0.05, 0) is 36.6 Å². The minimum atomic E-state index is 0.0655. The van der Waals surface area contributed by atoms with Crippen molar-refractivity contribution in [2.24, 2.45) is 0 Å². The molecule has 26 heavy (non-hydrogen) atoms. The van der Waals surface area contributed by atoms with Crippen LogP contribution in [0.5, 0.6) is 11.5 Å². The number of hydrogen-bond donors (Lipinski definition) is 1. The van der Waals surface area contributed by atoms with Gasteiger partial charge in [0.05, 0.1) is 14.2 Å². The second kappa shape index (κ2) is 8.56. The normalized spacial score (nSPS) is 16.4. The number of rotatable bonds is 7. The van der Waals surface area contributed by atoms with E-state index in [1.807, 2.05) is 36.4 Å². The van der Waals surface area contributed by atoms with Gasteiger partial charge in [-0.15, -0.1) is 0 Å². The molecule has 0 spiro atoms. The Balaban J connectivity index is 1.49. The Hall–Kier alpha value is -2.76. The molecular weight excluding hydrogens is 330 g/mol. The number of carbonyl (C=O) groups is 1. The van der Waals surface area contributed by atoms with Crippen molar-refractivity contribution in [3.05, 3.63) is 48.2 Å². The van der Waals surface area contributed by atoms with Crippen LogP contribution in [0, 0.1) is 0 Å². The smallest absolute Gasteiger partial charge is 0.220 e. The van der Waals surface area contributed by atoms with E-state index < -0.39 is 0 Å². The molecular formula is C20H25N3O3. The first-order chi connectivity index (χ1) is 12.7. The van der Waals surface area contributed by atoms with E-state index in [1.54, 1.807) is 20.4 Å². The molecule has 138 valence electrons. The highest BCUT2D eigenvalue weighted by molar-refractivity contribution is 5.76. The maximum Gasteiger partial charge on any atom is 0.220 e. The molecule has 3 rings (SSSR count). The van der Waals surface area contributed by atoms with Gasteiger partial charge >= 0.3 is 0 Å². The monoisotopic (exact) mass is 355 g/mol. The largest absolute Gasteiger partial charge is 0.497 e. The quantitative estimate of drug-likeness (QED) is 0.826. The summed E-state index contributed by atoms with van der Waals surface area (Å²) in [5.74, 6) is 2.53. The molecule has 2 aromatic rings. The van der Waals surface area contributed by atoms with Crippen LogP contribution in [0.25, 0.3) is 0 Å². The lowest BCUT2D eigenvalue weighted by Gasteiger charge is -2.18. The molecule has 0 saturated carbocycles. The zero-order valence-electron chi connectivity index (χ0n) is 15.3. The number of aryl methyl sites for hydroxylation is 1. The van der Waals surface area contributed by atoms with Crippen LogP contribution in [0.3, 0.4) is 0 Å². The van der Waals surface area contributed by atoms with Crippen LogP contribution in [0.1, 0.15) is 18.4 Å². The third-order valence-electron chi connectivity index (χ3n) is 4.64. The van der Waals surface area contributed by atoms with E-state index in [4.69, 9.17) is 9.47 Å². The number of anilines is 1. The number of hydrogen-bond acceptors (Lipinski definition) is 5. The molecule has 6 heteroatoms. The molecule has 1 fully saturated rings. The highest BCUT2D eigenvalue weighted by atomic mass is 16.5. The summed E-state index contributed by atoms with van der Waals surface area (Å²) in [7, 11) is 3.25. The number of amides is 1. The molecule has 1 amide bonds. The van der Waals surface area contributed by atoms with Gasteiger partial charge in [0, 0.05) is 37.8 Å². The molecule has 1 aromatic carbocycles. The number of benzene rings is 1. The molecule has 1 unspecified atom stereocenters. The van der Waals surface area contributed by atoms with Crippen LogP contribution in [0.15, 0.2) is 42.6 Å². The molecule has 1 aromatic heterocycles. The lowest BCUT2D eigenvalue weighted by molar-refractivity contribution is -0.121. The van der Waals surface area contributed by atoms with Gasteiger partial charge in [-0.25, -0.2) is 4.98 Å². The van der Waals surface area contributed by atoms with E-state index in [-0.39, 0.29) is 11.9 Å². The molecule has 0 aliphatic carbocycles. The molecule has 1 N–H and O–H groups in total. The minimum absolute atomic E-state index is 0.0655. The van der Waals surface area contributed by atoms with Gasteiger partial charge in [0.2, 0.25) is 5.91 Å². The number of nitrogens with one attached hydrogen (secondary N) is 1. The van der Waals surface area contributed by atoms with Crippen molar-refractivity contribution < 1.29 is 14.3 Å². The number of ether oxygens (including phenoxy) is 2. The average molecular weight is 355 g/mol. The Labute approximate surface area is 154 Å². The summed E-state index contributed by atoms with van der Waals surface area (Å²) in [4.78, 5) is 18.9. The first kappa shape index (κ1) is 18.0. The fourth-order valence-electron chi connectivity index (χ4n) is 3.23. The van der Waals surface area contributed by atoms with Crippen LogP contribution in [-0.2, 0) is 11.2 Å². The first-order valence-electron chi connectivity index (χ1n) is 8.86. The molecule has 1 saturated heterocycles. The number of methoxy groups -OCH3 is 2. The SMILES string of the molecule is COc1ccc(CCC(=O)NC2CCN(c3ccccn3)C2)c(OC)c1. The van der Waals surface area contributed by atoms with Crippen molar-refractivity contribution in [2.45, 2.75) is 25.3 Å². The highest BCUT2D eigenvalue weighted by Crippen LogP contribution is 2.25. The van der Waals surface area contributed by atoms with Crippen molar-refractivity contribution in [1.29, 1.82) is 0 Å². The zero-order chi connectivity index (χ0) is 18.4. The summed E-state index contributed by atoms with van der Waals surface area (Å²) >= 11 is 0. The molecule has 0 bridgehead atoms. The van der Waals surface area contributed by atoms with E-state index in [1.165, 1.54) is 0 Å². The van der Waals surface area contributed by atoms with Crippen LogP contribution in [0.4, 0.5) is 5.82 Å². The Morgan fingerprint density at radius 1 is 1.27 bits per heavy atom. The predicted octanol–water partition coefficient (Wildman–Crippen LogP) is 2.43. The average Bonchev–Trinajstić information content (AvgIpc) is 3.15. The van der Waals surface area contributed by atoms with Gasteiger partial charge in [0.15, 0.2) is 0 Å². The van der Waals surface area contributed by atoms with Crippen molar-refractivity contribution in [1.82, 2.24) is 10.3 Å². The number of carbonyl (C=O) groups excluding carboxylic acids is 1. The fraction of sp³-hybridized carbons (Fsp3) is 0.400. The van der Waals surface area contributed by atoms with Crippen molar-refractivity contribution in [3.63, 3.8) is 0 Å². The van der Waals surface area contributed by atoms with E-state index in [0.29, 0.717) is 12.8 Å². The second-order valence-corrected chi connectivity index (χ2v) is 6.36. The fourth-order valence-corrected chi connectivity index (χ4v) is 3.23. The Morgan fingerprint density at radius 3 is 2.88 bits per heavy atom. The highest BCUT2D eigenvalue weighted by Gasteiger charge is 2.24. The van der Waals surface area contributed by atoms with Gasteiger partial charge in [-0.2, -0.15) is 0 Å². The summed E-state index contributed by atoms with van der Waals surface area (Å²) in [5.41, 5.74) is 1.00. The van der Waals surface area contributed by atoms with Crippen LogP contribution >= 0.6 is 0 Å². The standard InChI is InChI=1S/C20H25N3O3/c1-25-17-8-6-15(18(13-17)26-2)7-9-20(24)22-16-10-12-23(14-16)19-5-3-4-11-21-19/h3-6,8,11,13,16H,7,9-10,12,14H2,1-2H3,(H,22,24). The summed E-state index contributed by atoms with van der Waals surface area (Å²) in [6, 6.07) is 11.7. The summed E-state index contributed by atoms with van der Waals surface area (Å²) < 4.78 is 10.6. The Bertz CT molecular complexity index is 736. The van der Waals surface area contributed by atoms with Crippen molar-refractivity contribution >= 4 is 11.7 Å². The minimum Gasteiger partial charge on any atom is -0.497 e. The van der Waals surface area contributed by atoms with Gasteiger partial charge in [-0.3, -0.25) is 4.79 Å². The summed E-state index contributed by atoms with van der Waals surface area (Å²) in [5, 5.41) is 3.13. The van der Waals surface area contributed by atoms with E-state index >= 15 is 0 Å². The summed E-state index contributed by atoms with van der Waals surface area (Å²) in [6.45, 7) is 1.71. The third kappa shape index (κ3) is 4.45. The predicted molar refractivity (Wildman–Crippen MR) is 101 cm³/mol. The Kier molecular flexibility index (Phi) is 5.94. The number of pyridine rings is 1. The lowest BCUT2D eigenvalue weighted by Crippen LogP contribution is -2.37. The van der Waals surface area contributed by atoms with Gasteiger partial charge < -0.3 is 19.7 Å². The first-order valence-corrected chi connectivity index (χ1v) is 8.86. The second-order valence-electron chi connectivity index (χ2n) is 6.36. The molecule has 1 atom stereocenters. The lowest BCUT2D eigenvalue weighted by atomic mass is 10.1. The van der Waals surface area contributed by atoms with Crippen LogP contribution in [-0.4, -0.2) is 44.2 Å².